The molecule has 0 aliphatic heterocycles. The summed E-state index contributed by atoms with van der Waals surface area (Å²) in [6, 6.07) is 1.51. The number of hydrogen-bond acceptors (Lipinski definition) is 4. The minimum atomic E-state index is -0.0792. The van der Waals surface area contributed by atoms with E-state index in [0.29, 0.717) is 5.16 Å². The summed E-state index contributed by atoms with van der Waals surface area (Å²) in [6.45, 7) is 6.21. The molecule has 1 N–H and O–H groups in total. The van der Waals surface area contributed by atoms with Crippen molar-refractivity contribution < 1.29 is 0 Å². The number of rotatable bonds is 6. The number of nitrogens with zero attached hydrogens (tertiary/aromatic N) is 1. The number of H-pyrrole nitrogens is 1. The van der Waals surface area contributed by atoms with Gasteiger partial charge in [-0.2, -0.15) is 12.6 Å². The van der Waals surface area contributed by atoms with Crippen LogP contribution in [0.2, 0.25) is 0 Å². The fourth-order valence-corrected chi connectivity index (χ4v) is 3.61. The van der Waals surface area contributed by atoms with E-state index in [1.807, 2.05) is 6.92 Å². The zero-order valence-corrected chi connectivity index (χ0v) is 12.3. The van der Waals surface area contributed by atoms with Gasteiger partial charge in [-0.05, 0) is 30.9 Å². The van der Waals surface area contributed by atoms with Gasteiger partial charge in [-0.3, -0.25) is 4.79 Å². The third kappa shape index (κ3) is 4.07. The molecule has 3 nitrogen and oxygen atoms in total. The number of hydrogen-bond donors (Lipinski definition) is 2. The summed E-state index contributed by atoms with van der Waals surface area (Å²) in [5.74, 6) is 1.80. The Bertz CT molecular complexity index is 405. The van der Waals surface area contributed by atoms with Crippen LogP contribution in [0.3, 0.4) is 0 Å². The summed E-state index contributed by atoms with van der Waals surface area (Å²) in [7, 11) is 0. The Morgan fingerprint density at radius 2 is 2.12 bits per heavy atom. The van der Waals surface area contributed by atoms with Crippen molar-refractivity contribution in [3.63, 3.8) is 0 Å². The van der Waals surface area contributed by atoms with E-state index in [0.717, 1.165) is 30.0 Å². The van der Waals surface area contributed by atoms with Crippen LogP contribution in [0.25, 0.3) is 0 Å². The third-order valence-electron chi connectivity index (χ3n) is 3.20. The number of nitrogens with one attached hydrogen (secondary N) is 1. The first kappa shape index (κ1) is 14.6. The number of thiol groups is 1. The molecule has 0 aliphatic rings. The molecule has 0 bridgehead atoms. The van der Waals surface area contributed by atoms with E-state index < -0.39 is 0 Å². The topological polar surface area (TPSA) is 45.8 Å². The molecule has 96 valence electrons. The fraction of sp³-hybridized carbons (Fsp3) is 0.667. The van der Waals surface area contributed by atoms with E-state index in [4.69, 9.17) is 0 Å². The molecule has 0 radical (unpaired) electrons. The van der Waals surface area contributed by atoms with E-state index in [2.05, 4.69) is 36.4 Å². The number of aryl methyl sites for hydroxylation is 1. The molecular weight excluding hydrogens is 252 g/mol. The quantitative estimate of drug-likeness (QED) is 0.475. The average molecular weight is 272 g/mol. The lowest BCUT2D eigenvalue weighted by Crippen LogP contribution is -2.24. The lowest BCUT2D eigenvalue weighted by Gasteiger charge is -2.29. The highest BCUT2D eigenvalue weighted by atomic mass is 32.2. The first-order valence-electron chi connectivity index (χ1n) is 5.87. The maximum atomic E-state index is 11.3. The van der Waals surface area contributed by atoms with Crippen LogP contribution in [0.15, 0.2) is 16.0 Å². The molecule has 17 heavy (non-hydrogen) atoms. The van der Waals surface area contributed by atoms with Crippen LogP contribution in [-0.2, 0) is 0 Å². The van der Waals surface area contributed by atoms with E-state index in [-0.39, 0.29) is 11.0 Å². The van der Waals surface area contributed by atoms with E-state index >= 15 is 0 Å². The molecular formula is C12H20N2OS2. The van der Waals surface area contributed by atoms with Gasteiger partial charge in [-0.25, -0.2) is 4.98 Å². The summed E-state index contributed by atoms with van der Waals surface area (Å²) in [5.41, 5.74) is 0.918. The van der Waals surface area contributed by atoms with E-state index in [1.54, 1.807) is 11.8 Å². The fourth-order valence-electron chi connectivity index (χ4n) is 1.56. The number of aromatic nitrogens is 2. The van der Waals surface area contributed by atoms with Crippen LogP contribution in [0.1, 0.15) is 32.4 Å². The minimum Gasteiger partial charge on any atom is -0.301 e. The van der Waals surface area contributed by atoms with E-state index in [9.17, 15) is 4.79 Å². The molecule has 0 fully saturated rings. The maximum absolute atomic E-state index is 11.3. The van der Waals surface area contributed by atoms with Crippen molar-refractivity contribution in [2.24, 2.45) is 5.41 Å². The van der Waals surface area contributed by atoms with Crippen LogP contribution >= 0.6 is 24.4 Å². The first-order chi connectivity index (χ1) is 8.05. The maximum Gasteiger partial charge on any atom is 0.251 e. The zero-order chi connectivity index (χ0) is 12.9. The molecule has 0 unspecified atom stereocenters. The van der Waals surface area contributed by atoms with Gasteiger partial charge in [0.2, 0.25) is 0 Å². The normalized spacial score (nSPS) is 11.8. The molecule has 1 heterocycles. The molecule has 1 aromatic heterocycles. The summed E-state index contributed by atoms with van der Waals surface area (Å²) < 4.78 is 0. The second kappa shape index (κ2) is 6.50. The molecule has 5 heteroatoms. The van der Waals surface area contributed by atoms with E-state index in [1.165, 1.54) is 6.07 Å². The largest absolute Gasteiger partial charge is 0.301 e. The van der Waals surface area contributed by atoms with Gasteiger partial charge in [0.05, 0.1) is 0 Å². The Balaban J connectivity index is 2.75. The van der Waals surface area contributed by atoms with Gasteiger partial charge in [-0.15, -0.1) is 0 Å². The van der Waals surface area contributed by atoms with Crippen molar-refractivity contribution in [2.75, 3.05) is 11.5 Å². The Morgan fingerprint density at radius 1 is 1.47 bits per heavy atom. The van der Waals surface area contributed by atoms with Crippen LogP contribution in [-0.4, -0.2) is 21.5 Å². The Morgan fingerprint density at radius 3 is 2.59 bits per heavy atom. The van der Waals surface area contributed by atoms with Gasteiger partial charge in [0.25, 0.3) is 5.56 Å². The number of aromatic amines is 1. The molecule has 1 aromatic rings. The average Bonchev–Trinajstić information content (AvgIpc) is 2.30. The van der Waals surface area contributed by atoms with Gasteiger partial charge in [0, 0.05) is 17.5 Å². The Kier molecular flexibility index (Phi) is 5.59. The highest BCUT2D eigenvalue weighted by molar-refractivity contribution is 7.99. The second-order valence-corrected chi connectivity index (χ2v) is 5.63. The first-order valence-corrected chi connectivity index (χ1v) is 7.48. The summed E-state index contributed by atoms with van der Waals surface area (Å²) in [5, 5.41) is 0.711. The molecule has 0 aliphatic carbocycles. The van der Waals surface area contributed by atoms with Crippen LogP contribution in [0, 0.1) is 12.3 Å². The molecule has 1 rings (SSSR count). The van der Waals surface area contributed by atoms with Crippen molar-refractivity contribution in [1.29, 1.82) is 0 Å². The van der Waals surface area contributed by atoms with Crippen molar-refractivity contribution in [2.45, 2.75) is 38.8 Å². The second-order valence-electron chi connectivity index (χ2n) is 4.35. The minimum absolute atomic E-state index is 0.0792. The summed E-state index contributed by atoms with van der Waals surface area (Å²) >= 11 is 6.06. The SMILES string of the molecule is CCC(CC)(CS)CSc1nc(C)cc(=O)[nH]1. The molecule has 0 spiro atoms. The van der Waals surface area contributed by atoms with Crippen molar-refractivity contribution in [3.8, 4) is 0 Å². The van der Waals surface area contributed by atoms with Gasteiger partial charge < -0.3 is 4.98 Å². The van der Waals surface area contributed by atoms with Crippen molar-refractivity contribution in [3.05, 3.63) is 22.1 Å². The van der Waals surface area contributed by atoms with Crippen molar-refractivity contribution in [1.82, 2.24) is 9.97 Å². The predicted molar refractivity (Wildman–Crippen MR) is 77.2 cm³/mol. The summed E-state index contributed by atoms with van der Waals surface area (Å²) in [4.78, 5) is 18.4. The van der Waals surface area contributed by atoms with Crippen molar-refractivity contribution >= 4 is 24.4 Å². The van der Waals surface area contributed by atoms with Crippen LogP contribution in [0.4, 0.5) is 0 Å². The highest BCUT2D eigenvalue weighted by Crippen LogP contribution is 2.33. The molecule has 0 saturated carbocycles. The molecule has 0 aromatic carbocycles. The molecule has 0 atom stereocenters. The monoisotopic (exact) mass is 272 g/mol. The standard InChI is InChI=1S/C12H20N2OS2/c1-4-12(5-2,7-16)8-17-11-13-9(3)6-10(15)14-11/h6,16H,4-5,7-8H2,1-3H3,(H,13,14,15). The third-order valence-corrected chi connectivity index (χ3v) is 5.09. The zero-order valence-electron chi connectivity index (χ0n) is 10.6. The Hall–Kier alpha value is -0.420. The lowest BCUT2D eigenvalue weighted by molar-refractivity contribution is 0.357. The predicted octanol–water partition coefficient (Wildman–Crippen LogP) is 2.91. The van der Waals surface area contributed by atoms with Gasteiger partial charge in [-0.1, -0.05) is 25.6 Å². The highest BCUT2D eigenvalue weighted by Gasteiger charge is 2.24. The van der Waals surface area contributed by atoms with Gasteiger partial charge in [0.1, 0.15) is 0 Å². The lowest BCUT2D eigenvalue weighted by atomic mass is 9.87. The molecule has 0 amide bonds. The molecule has 0 saturated heterocycles. The van der Waals surface area contributed by atoms with Crippen LogP contribution in [0.5, 0.6) is 0 Å². The number of thioether (sulfide) groups is 1. The Labute approximate surface area is 112 Å². The smallest absolute Gasteiger partial charge is 0.251 e. The summed E-state index contributed by atoms with van der Waals surface area (Å²) in [6.07, 6.45) is 2.19. The van der Waals surface area contributed by atoms with Crippen LogP contribution < -0.4 is 5.56 Å². The van der Waals surface area contributed by atoms with Gasteiger partial charge in [0.15, 0.2) is 5.16 Å². The van der Waals surface area contributed by atoms with Gasteiger partial charge >= 0.3 is 0 Å².